The van der Waals surface area contributed by atoms with E-state index in [1.54, 1.807) is 19.1 Å². The average molecular weight is 384 g/mol. The summed E-state index contributed by atoms with van der Waals surface area (Å²) in [4.78, 5) is 12.4. The standard InChI is InChI=1S/C15H20N4O4S2/c1-10(9-20)16-15(21)11-4-3-7-19(8-11)25(22,23)13-6-2-5-12-14(13)18-24-17-12/h2,5-6,10-11,20H,3-4,7-9H2,1H3,(H,16,21)/t10-,11+/m0/s1. The summed E-state index contributed by atoms with van der Waals surface area (Å²) in [6, 6.07) is 4.54. The quantitative estimate of drug-likeness (QED) is 0.780. The monoisotopic (exact) mass is 384 g/mol. The van der Waals surface area contributed by atoms with Crippen molar-refractivity contribution in [3.05, 3.63) is 18.2 Å². The Balaban J connectivity index is 1.83. The number of benzene rings is 1. The van der Waals surface area contributed by atoms with Gasteiger partial charge in [0.2, 0.25) is 15.9 Å². The molecule has 1 amide bonds. The molecule has 3 rings (SSSR count). The van der Waals surface area contributed by atoms with Crippen LogP contribution in [-0.4, -0.2) is 58.2 Å². The van der Waals surface area contributed by atoms with Crippen LogP contribution in [0.25, 0.3) is 11.0 Å². The number of carbonyl (C=O) groups is 1. The number of rotatable bonds is 5. The molecule has 10 heteroatoms. The minimum absolute atomic E-state index is 0.125. The molecule has 0 aliphatic carbocycles. The maximum absolute atomic E-state index is 13.0. The number of carbonyl (C=O) groups excluding carboxylic acids is 1. The van der Waals surface area contributed by atoms with E-state index in [2.05, 4.69) is 14.1 Å². The second-order valence-electron chi connectivity index (χ2n) is 6.18. The Bertz CT molecular complexity index is 867. The molecule has 0 radical (unpaired) electrons. The minimum Gasteiger partial charge on any atom is -0.394 e. The number of aliphatic hydroxyl groups is 1. The highest BCUT2D eigenvalue weighted by Crippen LogP contribution is 2.28. The van der Waals surface area contributed by atoms with E-state index >= 15 is 0 Å². The van der Waals surface area contributed by atoms with Gasteiger partial charge in [-0.3, -0.25) is 4.79 Å². The zero-order chi connectivity index (χ0) is 18.0. The van der Waals surface area contributed by atoms with Crippen LogP contribution in [0.15, 0.2) is 23.1 Å². The van der Waals surface area contributed by atoms with E-state index in [-0.39, 0.29) is 30.0 Å². The van der Waals surface area contributed by atoms with Crippen molar-refractivity contribution in [1.82, 2.24) is 18.4 Å². The number of amides is 1. The van der Waals surface area contributed by atoms with Crippen molar-refractivity contribution in [3.8, 4) is 0 Å². The summed E-state index contributed by atoms with van der Waals surface area (Å²) in [5.74, 6) is -0.653. The molecule has 1 fully saturated rings. The predicted octanol–water partition coefficient (Wildman–Crippen LogP) is 0.589. The summed E-state index contributed by atoms with van der Waals surface area (Å²) in [7, 11) is -3.75. The fourth-order valence-corrected chi connectivity index (χ4v) is 5.19. The van der Waals surface area contributed by atoms with E-state index in [4.69, 9.17) is 5.11 Å². The summed E-state index contributed by atoms with van der Waals surface area (Å²) >= 11 is 0.974. The Morgan fingerprint density at radius 2 is 2.28 bits per heavy atom. The van der Waals surface area contributed by atoms with Crippen LogP contribution in [0.4, 0.5) is 0 Å². The third kappa shape index (κ3) is 3.66. The highest BCUT2D eigenvalue weighted by molar-refractivity contribution is 7.89. The number of aromatic nitrogens is 2. The molecular formula is C15H20N4O4S2. The number of sulfonamides is 1. The lowest BCUT2D eigenvalue weighted by Crippen LogP contribution is -2.47. The molecule has 1 aliphatic rings. The van der Waals surface area contributed by atoms with E-state index in [1.807, 2.05) is 0 Å². The molecule has 8 nitrogen and oxygen atoms in total. The lowest BCUT2D eigenvalue weighted by molar-refractivity contribution is -0.127. The van der Waals surface area contributed by atoms with Crippen LogP contribution in [0.2, 0.25) is 0 Å². The number of aliphatic hydroxyl groups excluding tert-OH is 1. The van der Waals surface area contributed by atoms with Crippen LogP contribution in [0, 0.1) is 5.92 Å². The number of fused-ring (bicyclic) bond motifs is 1. The van der Waals surface area contributed by atoms with Gasteiger partial charge in [-0.15, -0.1) is 0 Å². The average Bonchev–Trinajstić information content (AvgIpc) is 3.10. The molecule has 2 heterocycles. The first-order valence-corrected chi connectivity index (χ1v) is 10.2. The van der Waals surface area contributed by atoms with Gasteiger partial charge in [0.05, 0.1) is 24.3 Å². The van der Waals surface area contributed by atoms with Gasteiger partial charge in [0.1, 0.15) is 15.9 Å². The molecule has 0 saturated carbocycles. The van der Waals surface area contributed by atoms with E-state index in [0.717, 1.165) is 11.7 Å². The van der Waals surface area contributed by atoms with E-state index in [1.165, 1.54) is 10.4 Å². The molecule has 1 aromatic carbocycles. The smallest absolute Gasteiger partial charge is 0.245 e. The molecule has 1 aromatic heterocycles. The van der Waals surface area contributed by atoms with Gasteiger partial charge in [-0.05, 0) is 31.9 Å². The highest BCUT2D eigenvalue weighted by atomic mass is 32.2. The van der Waals surface area contributed by atoms with Crippen molar-refractivity contribution in [1.29, 1.82) is 0 Å². The van der Waals surface area contributed by atoms with Crippen molar-refractivity contribution in [2.24, 2.45) is 5.92 Å². The summed E-state index contributed by atoms with van der Waals surface area (Å²) in [6.45, 7) is 2.04. The Labute approximate surface area is 150 Å². The summed E-state index contributed by atoms with van der Waals surface area (Å²) in [6.07, 6.45) is 1.23. The second kappa shape index (κ2) is 7.32. The van der Waals surface area contributed by atoms with Crippen molar-refractivity contribution in [2.75, 3.05) is 19.7 Å². The maximum Gasteiger partial charge on any atom is 0.245 e. The summed E-state index contributed by atoms with van der Waals surface area (Å²) < 4.78 is 35.6. The zero-order valence-corrected chi connectivity index (χ0v) is 15.4. The lowest BCUT2D eigenvalue weighted by Gasteiger charge is -2.31. The minimum atomic E-state index is -3.75. The Morgan fingerprint density at radius 1 is 1.48 bits per heavy atom. The number of nitrogens with one attached hydrogen (secondary N) is 1. The largest absolute Gasteiger partial charge is 0.394 e. The molecule has 1 saturated heterocycles. The Morgan fingerprint density at radius 3 is 3.04 bits per heavy atom. The van der Waals surface area contributed by atoms with Crippen LogP contribution in [0.1, 0.15) is 19.8 Å². The van der Waals surface area contributed by atoms with Gasteiger partial charge in [-0.2, -0.15) is 13.1 Å². The van der Waals surface area contributed by atoms with E-state index < -0.39 is 15.9 Å². The van der Waals surface area contributed by atoms with Gasteiger partial charge in [0, 0.05) is 19.1 Å². The first-order chi connectivity index (χ1) is 11.9. The molecule has 0 bridgehead atoms. The maximum atomic E-state index is 13.0. The second-order valence-corrected chi connectivity index (χ2v) is 8.62. The van der Waals surface area contributed by atoms with E-state index in [9.17, 15) is 13.2 Å². The van der Waals surface area contributed by atoms with Gasteiger partial charge in [-0.1, -0.05) is 6.07 Å². The Hall–Kier alpha value is -1.62. The van der Waals surface area contributed by atoms with Gasteiger partial charge < -0.3 is 10.4 Å². The van der Waals surface area contributed by atoms with Gasteiger partial charge >= 0.3 is 0 Å². The van der Waals surface area contributed by atoms with Crippen LogP contribution < -0.4 is 5.32 Å². The van der Waals surface area contributed by atoms with Crippen molar-refractivity contribution in [2.45, 2.75) is 30.7 Å². The first-order valence-electron chi connectivity index (χ1n) is 8.06. The summed E-state index contributed by atoms with van der Waals surface area (Å²) in [5, 5.41) is 11.8. The van der Waals surface area contributed by atoms with Crippen LogP contribution in [0.3, 0.4) is 0 Å². The molecule has 1 aliphatic heterocycles. The first kappa shape index (κ1) is 18.2. The third-order valence-corrected chi connectivity index (χ3v) is 6.72. The fraction of sp³-hybridized carbons (Fsp3) is 0.533. The number of piperidine rings is 1. The van der Waals surface area contributed by atoms with Gasteiger partial charge in [0.15, 0.2) is 0 Å². The topological polar surface area (TPSA) is 112 Å². The molecule has 0 unspecified atom stereocenters. The normalized spacial score (nSPS) is 20.5. The number of hydrogen-bond donors (Lipinski definition) is 2. The molecule has 2 N–H and O–H groups in total. The zero-order valence-electron chi connectivity index (χ0n) is 13.8. The van der Waals surface area contributed by atoms with Gasteiger partial charge in [-0.25, -0.2) is 8.42 Å². The molecule has 0 spiro atoms. The molecule has 2 atom stereocenters. The predicted molar refractivity (Wildman–Crippen MR) is 93.6 cm³/mol. The number of nitrogens with zero attached hydrogens (tertiary/aromatic N) is 3. The van der Waals surface area contributed by atoms with Crippen molar-refractivity contribution in [3.63, 3.8) is 0 Å². The van der Waals surface area contributed by atoms with Crippen molar-refractivity contribution >= 4 is 38.7 Å². The molecule has 25 heavy (non-hydrogen) atoms. The Kier molecular flexibility index (Phi) is 5.32. The highest BCUT2D eigenvalue weighted by Gasteiger charge is 2.34. The lowest BCUT2D eigenvalue weighted by atomic mass is 9.98. The third-order valence-electron chi connectivity index (χ3n) is 4.28. The van der Waals surface area contributed by atoms with E-state index in [0.29, 0.717) is 30.4 Å². The molecule has 136 valence electrons. The molecule has 2 aromatic rings. The number of hydrogen-bond acceptors (Lipinski definition) is 7. The van der Waals surface area contributed by atoms with Crippen LogP contribution in [0.5, 0.6) is 0 Å². The summed E-state index contributed by atoms with van der Waals surface area (Å²) in [5.41, 5.74) is 0.919. The van der Waals surface area contributed by atoms with Crippen molar-refractivity contribution < 1.29 is 18.3 Å². The van der Waals surface area contributed by atoms with Crippen LogP contribution in [-0.2, 0) is 14.8 Å². The fourth-order valence-electron chi connectivity index (χ4n) is 2.91. The van der Waals surface area contributed by atoms with Gasteiger partial charge in [0.25, 0.3) is 0 Å². The SMILES string of the molecule is C[C@@H](CO)NC(=O)[C@@H]1CCCN(S(=O)(=O)c2cccc3nsnc23)C1. The van der Waals surface area contributed by atoms with Crippen LogP contribution >= 0.6 is 11.7 Å². The molecular weight excluding hydrogens is 364 g/mol.